The van der Waals surface area contributed by atoms with Crippen molar-refractivity contribution < 1.29 is 22.4 Å². The van der Waals surface area contributed by atoms with Crippen LogP contribution in [-0.4, -0.2) is 39.9 Å². The maximum absolute atomic E-state index is 13.0. The van der Waals surface area contributed by atoms with Crippen molar-refractivity contribution in [2.24, 2.45) is 0 Å². The number of carbonyl (C=O) groups is 1. The van der Waals surface area contributed by atoms with E-state index in [9.17, 15) is 22.4 Å². The minimum absolute atomic E-state index is 0.146. The molecule has 5 nitrogen and oxygen atoms in total. The number of nitrogens with zero attached hydrogens (tertiary/aromatic N) is 3. The Bertz CT molecular complexity index is 1120. The molecule has 1 aromatic heterocycles. The van der Waals surface area contributed by atoms with Gasteiger partial charge in [-0.25, -0.2) is 14.4 Å². The molecule has 9 heteroatoms. The fourth-order valence-corrected chi connectivity index (χ4v) is 3.22. The first-order valence-electron chi connectivity index (χ1n) is 9.07. The van der Waals surface area contributed by atoms with Crippen LogP contribution in [0.1, 0.15) is 5.56 Å². The van der Waals surface area contributed by atoms with E-state index in [1.165, 1.54) is 17.0 Å². The number of amides is 1. The van der Waals surface area contributed by atoms with Gasteiger partial charge in [-0.3, -0.25) is 4.79 Å². The van der Waals surface area contributed by atoms with E-state index in [1.54, 1.807) is 12.1 Å². The highest BCUT2D eigenvalue weighted by Gasteiger charge is 2.33. The quantitative estimate of drug-likeness (QED) is 0.505. The number of fused-ring (bicyclic) bond motifs is 1. The smallest absolute Gasteiger partial charge is 0.363 e. The lowest BCUT2D eigenvalue weighted by Crippen LogP contribution is -2.57. The van der Waals surface area contributed by atoms with Gasteiger partial charge >= 0.3 is 6.18 Å². The molecule has 1 N–H and O–H groups in total. The van der Waals surface area contributed by atoms with Crippen molar-refractivity contribution in [2.75, 3.05) is 18.4 Å². The summed E-state index contributed by atoms with van der Waals surface area (Å²) in [4.78, 5) is 21.9. The molecule has 1 amide bonds. The molecule has 1 fully saturated rings. The zero-order valence-electron chi connectivity index (χ0n) is 15.6. The van der Waals surface area contributed by atoms with Crippen molar-refractivity contribution >= 4 is 22.6 Å². The first-order chi connectivity index (χ1) is 14.2. The Morgan fingerprint density at radius 2 is 1.73 bits per heavy atom. The lowest BCUT2D eigenvalue weighted by Gasteiger charge is -2.39. The van der Waals surface area contributed by atoms with Crippen LogP contribution >= 0.6 is 0 Å². The number of likely N-dealkylation sites (tertiary alicyclic amines) is 1. The lowest BCUT2D eigenvalue weighted by atomic mass is 10.1. The molecule has 0 unspecified atom stereocenters. The number of alkyl halides is 3. The van der Waals surface area contributed by atoms with E-state index in [4.69, 9.17) is 0 Å². The van der Waals surface area contributed by atoms with Gasteiger partial charge in [0.05, 0.1) is 17.1 Å². The minimum atomic E-state index is -4.42. The number of rotatable bonds is 4. The average molecular weight is 416 g/mol. The van der Waals surface area contributed by atoms with Crippen molar-refractivity contribution in [2.45, 2.75) is 12.2 Å². The monoisotopic (exact) mass is 416 g/mol. The molecule has 1 saturated heterocycles. The van der Waals surface area contributed by atoms with Gasteiger partial charge in [0.15, 0.2) is 11.7 Å². The predicted molar refractivity (Wildman–Crippen MR) is 104 cm³/mol. The molecular weight excluding hydrogens is 400 g/mol. The van der Waals surface area contributed by atoms with Crippen molar-refractivity contribution in [1.29, 1.82) is 0 Å². The van der Waals surface area contributed by atoms with E-state index in [-0.39, 0.29) is 25.0 Å². The molecule has 30 heavy (non-hydrogen) atoms. The van der Waals surface area contributed by atoms with Gasteiger partial charge in [0.2, 0.25) is 0 Å². The van der Waals surface area contributed by atoms with Gasteiger partial charge in [-0.15, -0.1) is 0 Å². The normalized spacial score (nSPS) is 14.5. The topological polar surface area (TPSA) is 58.1 Å². The third-order valence-electron chi connectivity index (χ3n) is 4.82. The molecule has 0 atom stereocenters. The molecule has 2 aromatic carbocycles. The molecule has 3 aromatic rings. The zero-order valence-corrected chi connectivity index (χ0v) is 15.6. The van der Waals surface area contributed by atoms with E-state index in [2.05, 4.69) is 21.9 Å². The van der Waals surface area contributed by atoms with Gasteiger partial charge in [-0.1, -0.05) is 30.8 Å². The van der Waals surface area contributed by atoms with Crippen LogP contribution in [0.25, 0.3) is 22.3 Å². The van der Waals surface area contributed by atoms with Crippen LogP contribution in [0.3, 0.4) is 0 Å². The highest BCUT2D eigenvalue weighted by Crippen LogP contribution is 2.31. The van der Waals surface area contributed by atoms with Gasteiger partial charge in [-0.2, -0.15) is 13.2 Å². The molecule has 0 bridgehead atoms. The first kappa shape index (κ1) is 19.8. The van der Waals surface area contributed by atoms with E-state index in [0.29, 0.717) is 16.9 Å². The molecule has 0 spiro atoms. The Morgan fingerprint density at radius 3 is 2.37 bits per heavy atom. The number of hydrogen-bond donors (Lipinski definition) is 1. The van der Waals surface area contributed by atoms with E-state index < -0.39 is 23.5 Å². The highest BCUT2D eigenvalue weighted by atomic mass is 19.4. The van der Waals surface area contributed by atoms with Crippen molar-refractivity contribution in [3.05, 3.63) is 66.5 Å². The van der Waals surface area contributed by atoms with Gasteiger partial charge < -0.3 is 10.2 Å². The van der Waals surface area contributed by atoms with Crippen LogP contribution in [0.5, 0.6) is 0 Å². The number of anilines is 1. The Morgan fingerprint density at radius 1 is 1.07 bits per heavy atom. The summed E-state index contributed by atoms with van der Waals surface area (Å²) in [5.74, 6) is -0.988. The summed E-state index contributed by atoms with van der Waals surface area (Å²) in [7, 11) is 0. The fourth-order valence-electron chi connectivity index (χ4n) is 3.22. The molecule has 2 heterocycles. The number of halogens is 4. The summed E-state index contributed by atoms with van der Waals surface area (Å²) in [5, 5.41) is 3.94. The SMILES string of the molecule is C=C(F)C(=O)N1CC(Nc2nc(-c3ccc(C(F)(F)F)cc3)nc3ccccc23)C1. The minimum Gasteiger partial charge on any atom is -0.363 e. The van der Waals surface area contributed by atoms with Crippen LogP contribution in [0.4, 0.5) is 23.4 Å². The van der Waals surface area contributed by atoms with Gasteiger partial charge in [0, 0.05) is 24.0 Å². The van der Waals surface area contributed by atoms with Crippen molar-refractivity contribution in [3.63, 3.8) is 0 Å². The third-order valence-corrected chi connectivity index (χ3v) is 4.82. The Kier molecular flexibility index (Phi) is 4.89. The predicted octanol–water partition coefficient (Wildman–Crippen LogP) is 4.42. The lowest BCUT2D eigenvalue weighted by molar-refractivity contribution is -0.137. The largest absolute Gasteiger partial charge is 0.416 e. The number of benzene rings is 2. The van der Waals surface area contributed by atoms with Crippen LogP contribution in [0.15, 0.2) is 60.9 Å². The maximum atomic E-state index is 13.0. The van der Waals surface area contributed by atoms with Crippen LogP contribution in [-0.2, 0) is 11.0 Å². The standard InChI is InChI=1S/C21H16F4N4O/c1-12(22)20(30)29-10-15(11-29)26-19-16-4-2-3-5-17(16)27-18(28-19)13-6-8-14(9-7-13)21(23,24)25/h2-9,15H,1,10-11H2,(H,26,27,28). The summed E-state index contributed by atoms with van der Waals surface area (Å²) < 4.78 is 51.4. The zero-order chi connectivity index (χ0) is 21.5. The molecule has 4 rings (SSSR count). The van der Waals surface area contributed by atoms with E-state index in [0.717, 1.165) is 17.5 Å². The summed E-state index contributed by atoms with van der Waals surface area (Å²) in [5.41, 5.74) is 0.310. The molecule has 0 saturated carbocycles. The van der Waals surface area contributed by atoms with Crippen molar-refractivity contribution in [3.8, 4) is 11.4 Å². The number of aromatic nitrogens is 2. The highest BCUT2D eigenvalue weighted by molar-refractivity contribution is 5.92. The summed E-state index contributed by atoms with van der Waals surface area (Å²) in [6.07, 6.45) is -4.42. The summed E-state index contributed by atoms with van der Waals surface area (Å²) in [6, 6.07) is 11.7. The molecule has 1 aliphatic heterocycles. The number of para-hydroxylation sites is 1. The van der Waals surface area contributed by atoms with E-state index >= 15 is 0 Å². The molecule has 0 aliphatic carbocycles. The maximum Gasteiger partial charge on any atom is 0.416 e. The van der Waals surface area contributed by atoms with Crippen LogP contribution in [0.2, 0.25) is 0 Å². The molecule has 154 valence electrons. The Balaban J connectivity index is 1.62. The Labute approximate surface area is 169 Å². The number of carbonyl (C=O) groups excluding carboxylic acids is 1. The molecular formula is C21H16F4N4O. The number of nitrogens with one attached hydrogen (secondary N) is 1. The van der Waals surface area contributed by atoms with Gasteiger partial charge in [0.25, 0.3) is 5.91 Å². The second-order valence-electron chi connectivity index (χ2n) is 6.94. The van der Waals surface area contributed by atoms with E-state index in [1.807, 2.05) is 12.1 Å². The second kappa shape index (κ2) is 7.40. The van der Waals surface area contributed by atoms with Gasteiger partial charge in [-0.05, 0) is 24.3 Å². The summed E-state index contributed by atoms with van der Waals surface area (Å²) in [6.45, 7) is 3.58. The van der Waals surface area contributed by atoms with Crippen LogP contribution < -0.4 is 5.32 Å². The first-order valence-corrected chi connectivity index (χ1v) is 9.07. The fraction of sp³-hybridized carbons (Fsp3) is 0.190. The summed E-state index contributed by atoms with van der Waals surface area (Å²) >= 11 is 0. The van der Waals surface area contributed by atoms with Gasteiger partial charge in [0.1, 0.15) is 5.82 Å². The molecule has 1 aliphatic rings. The van der Waals surface area contributed by atoms with Crippen molar-refractivity contribution in [1.82, 2.24) is 14.9 Å². The second-order valence-corrected chi connectivity index (χ2v) is 6.94. The Hall–Kier alpha value is -3.49. The third kappa shape index (κ3) is 3.83. The molecule has 0 radical (unpaired) electrons. The average Bonchev–Trinajstić information content (AvgIpc) is 2.69. The van der Waals surface area contributed by atoms with Crippen LogP contribution in [0, 0.1) is 0 Å². The number of hydrogen-bond acceptors (Lipinski definition) is 4.